The van der Waals surface area contributed by atoms with Crippen LogP contribution in [0.25, 0.3) is 0 Å². The van der Waals surface area contributed by atoms with Crippen molar-refractivity contribution in [3.05, 3.63) is 35.4 Å². The molecule has 3 heteroatoms. The molecule has 0 saturated carbocycles. The van der Waals surface area contributed by atoms with Gasteiger partial charge >= 0.3 is 5.97 Å². The van der Waals surface area contributed by atoms with Crippen LogP contribution in [-0.2, 0) is 9.53 Å². The average Bonchev–Trinajstić information content (AvgIpc) is 2.38. The molecule has 0 aromatic heterocycles. The fourth-order valence-corrected chi connectivity index (χ4v) is 1.74. The van der Waals surface area contributed by atoms with Crippen molar-refractivity contribution in [3.63, 3.8) is 0 Å². The van der Waals surface area contributed by atoms with E-state index in [-0.39, 0.29) is 5.97 Å². The number of methoxy groups -OCH3 is 1. The van der Waals surface area contributed by atoms with Crippen molar-refractivity contribution in [3.8, 4) is 0 Å². The number of carbonyl (C=O) groups excluding carboxylic acids is 2. The highest BCUT2D eigenvalue weighted by molar-refractivity contribution is 5.89. The Hall–Kier alpha value is -1.64. The third kappa shape index (κ3) is 4.02. The lowest BCUT2D eigenvalue weighted by atomic mass is 9.95. The molecule has 1 aromatic rings. The summed E-state index contributed by atoms with van der Waals surface area (Å²) in [5.41, 5.74) is 1.75. The molecule has 17 heavy (non-hydrogen) atoms. The maximum atomic E-state index is 11.2. The first kappa shape index (κ1) is 13.4. The van der Waals surface area contributed by atoms with Gasteiger partial charge in [0, 0.05) is 6.42 Å². The van der Waals surface area contributed by atoms with Gasteiger partial charge in [0.1, 0.15) is 6.29 Å². The van der Waals surface area contributed by atoms with E-state index in [0.717, 1.165) is 19.1 Å². The van der Waals surface area contributed by atoms with Crippen LogP contribution in [0.15, 0.2) is 24.3 Å². The Morgan fingerprint density at radius 1 is 1.35 bits per heavy atom. The quantitative estimate of drug-likeness (QED) is 0.432. The van der Waals surface area contributed by atoms with Crippen LogP contribution in [0.4, 0.5) is 0 Å². The number of ether oxygens (including phenoxy) is 1. The third-order valence-electron chi connectivity index (χ3n) is 2.86. The molecule has 0 N–H and O–H groups in total. The van der Waals surface area contributed by atoms with Gasteiger partial charge in [0.05, 0.1) is 12.7 Å². The summed E-state index contributed by atoms with van der Waals surface area (Å²) < 4.78 is 4.64. The monoisotopic (exact) mass is 234 g/mol. The molecule has 0 fully saturated rings. The van der Waals surface area contributed by atoms with Gasteiger partial charge in [-0.1, -0.05) is 19.1 Å². The van der Waals surface area contributed by atoms with Gasteiger partial charge < -0.3 is 9.53 Å². The Bertz CT molecular complexity index is 368. The van der Waals surface area contributed by atoms with E-state index in [9.17, 15) is 9.59 Å². The summed E-state index contributed by atoms with van der Waals surface area (Å²) in [6.07, 6.45) is 3.46. The highest BCUT2D eigenvalue weighted by Crippen LogP contribution is 2.21. The van der Waals surface area contributed by atoms with Gasteiger partial charge in [-0.3, -0.25) is 0 Å². The Labute approximate surface area is 102 Å². The number of hydrogen-bond acceptors (Lipinski definition) is 3. The van der Waals surface area contributed by atoms with Crippen LogP contribution in [-0.4, -0.2) is 19.4 Å². The fraction of sp³-hybridized carbons (Fsp3) is 0.429. The molecule has 0 aliphatic rings. The Balaban J connectivity index is 2.60. The maximum Gasteiger partial charge on any atom is 0.337 e. The molecule has 1 atom stereocenters. The zero-order valence-corrected chi connectivity index (χ0v) is 10.3. The Morgan fingerprint density at radius 2 is 2.00 bits per heavy atom. The molecule has 0 bridgehead atoms. The fourth-order valence-electron chi connectivity index (χ4n) is 1.74. The van der Waals surface area contributed by atoms with Crippen LogP contribution in [0.5, 0.6) is 0 Å². The van der Waals surface area contributed by atoms with Crippen molar-refractivity contribution in [1.82, 2.24) is 0 Å². The largest absolute Gasteiger partial charge is 0.465 e. The molecule has 0 radical (unpaired) electrons. The minimum atomic E-state index is -0.315. The Morgan fingerprint density at radius 3 is 2.53 bits per heavy atom. The molecule has 0 saturated heterocycles. The van der Waals surface area contributed by atoms with Crippen molar-refractivity contribution in [2.24, 2.45) is 0 Å². The smallest absolute Gasteiger partial charge is 0.337 e. The molecule has 0 heterocycles. The first-order valence-electron chi connectivity index (χ1n) is 5.81. The molecule has 1 rings (SSSR count). The summed E-state index contributed by atoms with van der Waals surface area (Å²) in [7, 11) is 1.37. The number of aldehydes is 1. The van der Waals surface area contributed by atoms with Gasteiger partial charge in [-0.15, -0.1) is 0 Å². The minimum Gasteiger partial charge on any atom is -0.465 e. The van der Waals surface area contributed by atoms with E-state index in [0.29, 0.717) is 17.9 Å². The van der Waals surface area contributed by atoms with Crippen LogP contribution in [0.2, 0.25) is 0 Å². The molecule has 92 valence electrons. The van der Waals surface area contributed by atoms with E-state index in [1.54, 1.807) is 12.1 Å². The van der Waals surface area contributed by atoms with Gasteiger partial charge in [-0.2, -0.15) is 0 Å². The van der Waals surface area contributed by atoms with E-state index in [4.69, 9.17) is 0 Å². The molecule has 1 aromatic carbocycles. The van der Waals surface area contributed by atoms with Crippen LogP contribution in [0, 0.1) is 0 Å². The Kier molecular flexibility index (Phi) is 5.40. The zero-order chi connectivity index (χ0) is 12.7. The summed E-state index contributed by atoms with van der Waals surface area (Å²) >= 11 is 0. The number of esters is 1. The molecule has 0 amide bonds. The number of unbranched alkanes of at least 4 members (excludes halogenated alkanes) is 1. The van der Waals surface area contributed by atoms with E-state index in [1.807, 2.05) is 12.1 Å². The predicted molar refractivity (Wildman–Crippen MR) is 66.1 cm³/mol. The van der Waals surface area contributed by atoms with Gasteiger partial charge in [-0.05, 0) is 36.5 Å². The van der Waals surface area contributed by atoms with E-state index in [1.165, 1.54) is 12.7 Å². The van der Waals surface area contributed by atoms with E-state index in [2.05, 4.69) is 11.7 Å². The highest BCUT2D eigenvalue weighted by atomic mass is 16.5. The minimum absolute atomic E-state index is 0.315. The first-order valence-corrected chi connectivity index (χ1v) is 5.81. The number of hydrogen-bond donors (Lipinski definition) is 0. The maximum absolute atomic E-state index is 11.2. The normalized spacial score (nSPS) is 11.9. The molecule has 3 nitrogen and oxygen atoms in total. The number of rotatable bonds is 6. The lowest BCUT2D eigenvalue weighted by Crippen LogP contribution is -2.01. The second-order valence-electron chi connectivity index (χ2n) is 4.11. The SMILES string of the molecule is COC(=O)c1ccc(C(C)CCCC=O)cc1. The van der Waals surface area contributed by atoms with Gasteiger partial charge in [0.15, 0.2) is 0 Å². The number of benzene rings is 1. The molecular formula is C14H18O3. The third-order valence-corrected chi connectivity index (χ3v) is 2.86. The predicted octanol–water partition coefficient (Wildman–Crippen LogP) is 2.95. The molecule has 0 aliphatic heterocycles. The van der Waals surface area contributed by atoms with Gasteiger partial charge in [0.2, 0.25) is 0 Å². The first-order chi connectivity index (χ1) is 8.19. The molecule has 0 aliphatic carbocycles. The average molecular weight is 234 g/mol. The standard InChI is InChI=1S/C14H18O3/c1-11(5-3-4-10-15)12-6-8-13(9-7-12)14(16)17-2/h6-11H,3-5H2,1-2H3. The molecule has 0 spiro atoms. The van der Waals surface area contributed by atoms with Crippen molar-refractivity contribution in [2.75, 3.05) is 7.11 Å². The van der Waals surface area contributed by atoms with Crippen molar-refractivity contribution >= 4 is 12.3 Å². The van der Waals surface area contributed by atoms with E-state index < -0.39 is 0 Å². The second-order valence-corrected chi connectivity index (χ2v) is 4.11. The summed E-state index contributed by atoms with van der Waals surface area (Å²) in [5, 5.41) is 0. The van der Waals surface area contributed by atoms with Crippen LogP contribution in [0.1, 0.15) is 48.0 Å². The number of carbonyl (C=O) groups is 2. The lowest BCUT2D eigenvalue weighted by Gasteiger charge is -2.11. The van der Waals surface area contributed by atoms with Crippen molar-refractivity contribution in [2.45, 2.75) is 32.1 Å². The van der Waals surface area contributed by atoms with Gasteiger partial charge in [-0.25, -0.2) is 4.79 Å². The summed E-state index contributed by atoms with van der Waals surface area (Å²) in [4.78, 5) is 21.5. The lowest BCUT2D eigenvalue weighted by molar-refractivity contribution is -0.107. The molecule has 1 unspecified atom stereocenters. The van der Waals surface area contributed by atoms with E-state index >= 15 is 0 Å². The topological polar surface area (TPSA) is 43.4 Å². The van der Waals surface area contributed by atoms with Crippen LogP contribution < -0.4 is 0 Å². The van der Waals surface area contributed by atoms with Crippen LogP contribution >= 0.6 is 0 Å². The van der Waals surface area contributed by atoms with Gasteiger partial charge in [0.25, 0.3) is 0 Å². The van der Waals surface area contributed by atoms with Crippen molar-refractivity contribution in [1.29, 1.82) is 0 Å². The molecular weight excluding hydrogens is 216 g/mol. The van der Waals surface area contributed by atoms with Crippen molar-refractivity contribution < 1.29 is 14.3 Å². The zero-order valence-electron chi connectivity index (χ0n) is 10.3. The summed E-state index contributed by atoms with van der Waals surface area (Å²) in [6.45, 7) is 2.12. The summed E-state index contributed by atoms with van der Waals surface area (Å²) in [5.74, 6) is 0.0896. The van der Waals surface area contributed by atoms with Crippen LogP contribution in [0.3, 0.4) is 0 Å². The summed E-state index contributed by atoms with van der Waals surface area (Å²) in [6, 6.07) is 7.43. The highest BCUT2D eigenvalue weighted by Gasteiger charge is 2.08. The second kappa shape index (κ2) is 6.84.